The van der Waals surface area contributed by atoms with E-state index in [1.54, 1.807) is 48.4 Å². The number of thiazole rings is 1. The molecule has 0 aliphatic rings. The number of fused-ring (bicyclic) bond motifs is 1. The van der Waals surface area contributed by atoms with Crippen molar-refractivity contribution in [2.45, 2.75) is 24.8 Å². The quantitative estimate of drug-likeness (QED) is 0.370. The van der Waals surface area contributed by atoms with E-state index >= 15 is 0 Å². The molecule has 4 rings (SSSR count). The molecule has 2 heterocycles. The second-order valence-corrected chi connectivity index (χ2v) is 8.86. The third kappa shape index (κ3) is 4.52. The molecule has 0 bridgehead atoms. The lowest BCUT2D eigenvalue weighted by Crippen LogP contribution is -2.12. The van der Waals surface area contributed by atoms with Crippen LogP contribution in [0.15, 0.2) is 45.3 Å². The Balaban J connectivity index is 1.49. The van der Waals surface area contributed by atoms with Crippen LogP contribution in [0.3, 0.4) is 0 Å². The number of ether oxygens (including phenoxy) is 2. The minimum atomic E-state index is -0.232. The standard InChI is InChI=1S/C22H21N3O4S2/c1-12-16(13(2)29-25-12)11-28-18-8-5-14(9-19(18)27-3)21(26)23-15-6-7-17-20(10-15)31-22(24-17)30-4/h5-10H,11H2,1-4H3,(H,23,26). The highest BCUT2D eigenvalue weighted by Gasteiger charge is 2.15. The summed E-state index contributed by atoms with van der Waals surface area (Å²) in [6, 6.07) is 10.8. The molecule has 160 valence electrons. The molecular weight excluding hydrogens is 434 g/mol. The Morgan fingerprint density at radius 3 is 2.74 bits per heavy atom. The number of hydrogen-bond donors (Lipinski definition) is 1. The summed E-state index contributed by atoms with van der Waals surface area (Å²) in [4.78, 5) is 17.3. The molecular formula is C22H21N3O4S2. The van der Waals surface area contributed by atoms with E-state index < -0.39 is 0 Å². The van der Waals surface area contributed by atoms with Crippen LogP contribution in [0.4, 0.5) is 5.69 Å². The summed E-state index contributed by atoms with van der Waals surface area (Å²) < 4.78 is 18.5. The van der Waals surface area contributed by atoms with Gasteiger partial charge in [0.25, 0.3) is 5.91 Å². The van der Waals surface area contributed by atoms with Crippen LogP contribution in [0.5, 0.6) is 11.5 Å². The van der Waals surface area contributed by atoms with Gasteiger partial charge in [0.2, 0.25) is 0 Å². The Hall–Kier alpha value is -3.04. The van der Waals surface area contributed by atoms with Crippen molar-refractivity contribution in [1.29, 1.82) is 0 Å². The number of nitrogens with one attached hydrogen (secondary N) is 1. The third-order valence-corrected chi connectivity index (χ3v) is 6.78. The van der Waals surface area contributed by atoms with E-state index in [2.05, 4.69) is 15.5 Å². The van der Waals surface area contributed by atoms with Crippen molar-refractivity contribution >= 4 is 44.9 Å². The zero-order chi connectivity index (χ0) is 22.0. The lowest BCUT2D eigenvalue weighted by Gasteiger charge is -2.12. The first-order chi connectivity index (χ1) is 15.0. The minimum absolute atomic E-state index is 0.232. The maximum Gasteiger partial charge on any atom is 0.255 e. The summed E-state index contributed by atoms with van der Waals surface area (Å²) in [5, 5.41) is 6.86. The number of nitrogens with zero attached hydrogens (tertiary/aromatic N) is 2. The van der Waals surface area contributed by atoms with Gasteiger partial charge in [-0.3, -0.25) is 4.79 Å². The van der Waals surface area contributed by atoms with Crippen molar-refractivity contribution in [2.24, 2.45) is 0 Å². The van der Waals surface area contributed by atoms with Crippen molar-refractivity contribution in [1.82, 2.24) is 10.1 Å². The highest BCUT2D eigenvalue weighted by atomic mass is 32.2. The first kappa shape index (κ1) is 21.2. The van der Waals surface area contributed by atoms with Crippen molar-refractivity contribution in [2.75, 3.05) is 18.7 Å². The molecule has 0 aliphatic heterocycles. The Kier molecular flexibility index (Phi) is 6.15. The number of aromatic nitrogens is 2. The van der Waals surface area contributed by atoms with Crippen LogP contribution < -0.4 is 14.8 Å². The Morgan fingerprint density at radius 2 is 2.03 bits per heavy atom. The van der Waals surface area contributed by atoms with Gasteiger partial charge in [0.1, 0.15) is 12.4 Å². The zero-order valence-electron chi connectivity index (χ0n) is 17.5. The number of thioether (sulfide) groups is 1. The lowest BCUT2D eigenvalue weighted by molar-refractivity contribution is 0.102. The van der Waals surface area contributed by atoms with E-state index in [-0.39, 0.29) is 5.91 Å². The Bertz CT molecular complexity index is 1230. The molecule has 0 radical (unpaired) electrons. The number of rotatable bonds is 7. The van der Waals surface area contributed by atoms with Crippen molar-refractivity contribution in [3.05, 3.63) is 59.0 Å². The first-order valence-electron chi connectivity index (χ1n) is 9.47. The van der Waals surface area contributed by atoms with Crippen molar-refractivity contribution in [3.8, 4) is 11.5 Å². The van der Waals surface area contributed by atoms with Gasteiger partial charge in [-0.2, -0.15) is 0 Å². The molecule has 1 amide bonds. The zero-order valence-corrected chi connectivity index (χ0v) is 19.1. The van der Waals surface area contributed by atoms with Crippen LogP contribution in [0.1, 0.15) is 27.4 Å². The number of amides is 1. The monoisotopic (exact) mass is 455 g/mol. The molecule has 31 heavy (non-hydrogen) atoms. The molecule has 0 saturated heterocycles. The summed E-state index contributed by atoms with van der Waals surface area (Å²) >= 11 is 3.21. The van der Waals surface area contributed by atoms with Crippen LogP contribution in [0.25, 0.3) is 10.2 Å². The molecule has 9 heteroatoms. The summed E-state index contributed by atoms with van der Waals surface area (Å²) in [5.74, 6) is 1.50. The largest absolute Gasteiger partial charge is 0.493 e. The smallest absolute Gasteiger partial charge is 0.255 e. The third-order valence-electron chi connectivity index (χ3n) is 4.78. The molecule has 0 spiro atoms. The number of methoxy groups -OCH3 is 1. The van der Waals surface area contributed by atoms with Crippen molar-refractivity contribution in [3.63, 3.8) is 0 Å². The number of carbonyl (C=O) groups excluding carboxylic acids is 1. The van der Waals surface area contributed by atoms with E-state index in [9.17, 15) is 4.79 Å². The van der Waals surface area contributed by atoms with E-state index in [1.165, 1.54) is 0 Å². The Morgan fingerprint density at radius 1 is 1.19 bits per heavy atom. The fraction of sp³-hybridized carbons (Fsp3) is 0.227. The van der Waals surface area contributed by atoms with Gasteiger partial charge in [0.05, 0.1) is 28.6 Å². The predicted octanol–water partition coefficient (Wildman–Crippen LogP) is 5.46. The summed E-state index contributed by atoms with van der Waals surface area (Å²) in [7, 11) is 1.54. The van der Waals surface area contributed by atoms with Crippen molar-refractivity contribution < 1.29 is 18.8 Å². The van der Waals surface area contributed by atoms with Crippen LogP contribution in [-0.4, -0.2) is 29.4 Å². The van der Waals surface area contributed by atoms with Gasteiger partial charge in [-0.25, -0.2) is 4.98 Å². The van der Waals surface area contributed by atoms with E-state index in [0.29, 0.717) is 29.4 Å². The normalized spacial score (nSPS) is 11.0. The van der Waals surface area contributed by atoms with Gasteiger partial charge in [-0.15, -0.1) is 11.3 Å². The van der Waals surface area contributed by atoms with Crippen LogP contribution in [-0.2, 0) is 6.61 Å². The van der Waals surface area contributed by atoms with Gasteiger partial charge in [-0.1, -0.05) is 16.9 Å². The minimum Gasteiger partial charge on any atom is -0.493 e. The number of hydrogen-bond acceptors (Lipinski definition) is 8. The Labute approximate surface area is 187 Å². The second kappa shape index (κ2) is 8.99. The van der Waals surface area contributed by atoms with Crippen LogP contribution in [0, 0.1) is 13.8 Å². The SMILES string of the molecule is COc1cc(C(=O)Nc2ccc3nc(SC)sc3c2)ccc1OCc1c(C)noc1C. The molecule has 1 N–H and O–H groups in total. The maximum atomic E-state index is 12.8. The van der Waals surface area contributed by atoms with Gasteiger partial charge in [0, 0.05) is 11.3 Å². The summed E-state index contributed by atoms with van der Waals surface area (Å²) in [5.41, 5.74) is 3.79. The van der Waals surface area contributed by atoms with E-state index in [1.807, 2.05) is 38.3 Å². The fourth-order valence-corrected chi connectivity index (χ4v) is 4.59. The van der Waals surface area contributed by atoms with Gasteiger partial charge in [-0.05, 0) is 56.5 Å². The molecule has 0 saturated carbocycles. The predicted molar refractivity (Wildman–Crippen MR) is 123 cm³/mol. The average molecular weight is 456 g/mol. The molecule has 2 aromatic heterocycles. The second-order valence-electron chi connectivity index (χ2n) is 6.78. The molecule has 7 nitrogen and oxygen atoms in total. The van der Waals surface area contributed by atoms with Gasteiger partial charge >= 0.3 is 0 Å². The number of aryl methyl sites for hydroxylation is 2. The summed E-state index contributed by atoms with van der Waals surface area (Å²) in [6.07, 6.45) is 2.00. The highest BCUT2D eigenvalue weighted by Crippen LogP contribution is 2.32. The van der Waals surface area contributed by atoms with E-state index in [0.717, 1.165) is 31.6 Å². The van der Waals surface area contributed by atoms with Crippen LogP contribution >= 0.6 is 23.1 Å². The van der Waals surface area contributed by atoms with Crippen LogP contribution in [0.2, 0.25) is 0 Å². The number of benzene rings is 2. The molecule has 0 aliphatic carbocycles. The average Bonchev–Trinajstić information content (AvgIpc) is 3.34. The van der Waals surface area contributed by atoms with Gasteiger partial charge < -0.3 is 19.3 Å². The van der Waals surface area contributed by atoms with E-state index in [4.69, 9.17) is 14.0 Å². The molecule has 2 aromatic carbocycles. The highest BCUT2D eigenvalue weighted by molar-refractivity contribution is 8.00. The molecule has 4 aromatic rings. The molecule has 0 fully saturated rings. The molecule has 0 atom stereocenters. The number of anilines is 1. The topological polar surface area (TPSA) is 86.5 Å². The first-order valence-corrected chi connectivity index (χ1v) is 11.5. The maximum absolute atomic E-state index is 12.8. The van der Waals surface area contributed by atoms with Gasteiger partial charge in [0.15, 0.2) is 15.8 Å². The molecule has 0 unspecified atom stereocenters. The summed E-state index contributed by atoms with van der Waals surface area (Å²) in [6.45, 7) is 4.01. The fourth-order valence-electron chi connectivity index (χ4n) is 3.06. The number of carbonyl (C=O) groups is 1. The lowest BCUT2D eigenvalue weighted by atomic mass is 10.1.